The van der Waals surface area contributed by atoms with Crippen LogP contribution in [0.15, 0.2) is 36.4 Å². The van der Waals surface area contributed by atoms with Gasteiger partial charge < -0.3 is 30.2 Å². The molecule has 0 aromatic heterocycles. The van der Waals surface area contributed by atoms with Crippen molar-refractivity contribution in [3.05, 3.63) is 47.5 Å². The average molecular weight is 341 g/mol. The van der Waals surface area contributed by atoms with Crippen molar-refractivity contribution in [3.63, 3.8) is 0 Å². The Kier molecular flexibility index (Phi) is 4.82. The maximum Gasteiger partial charge on any atom is 0.427 e. The van der Waals surface area contributed by atoms with Gasteiger partial charge in [0, 0.05) is 24.1 Å². The first kappa shape index (κ1) is 17.1. The fourth-order valence-corrected chi connectivity index (χ4v) is 2.73. The van der Waals surface area contributed by atoms with E-state index in [0.29, 0.717) is 5.56 Å². The molecule has 0 spiro atoms. The minimum Gasteiger partial charge on any atom is -0.508 e. The molecule has 0 aliphatic heterocycles. The third-order valence-corrected chi connectivity index (χ3v) is 3.61. The van der Waals surface area contributed by atoms with Gasteiger partial charge in [0.05, 0.1) is 11.8 Å². The van der Waals surface area contributed by atoms with E-state index in [1.807, 2.05) is 5.09 Å². The monoisotopic (exact) mass is 341 g/mol. The molecule has 2 rings (SSSR count). The van der Waals surface area contributed by atoms with E-state index < -0.39 is 25.3 Å². The third-order valence-electron chi connectivity index (χ3n) is 3.08. The number of aromatic hydroxyl groups is 3. The number of phenolic OH excluding ortho intramolecular Hbond substituents is 3. The average Bonchev–Trinajstić information content (AvgIpc) is 2.35. The van der Waals surface area contributed by atoms with E-state index >= 15 is 0 Å². The smallest absolute Gasteiger partial charge is 0.427 e. The van der Waals surface area contributed by atoms with Gasteiger partial charge >= 0.3 is 7.75 Å². The molecular formula is C14H16NO7P. The highest BCUT2D eigenvalue weighted by molar-refractivity contribution is 7.53. The van der Waals surface area contributed by atoms with Crippen molar-refractivity contribution in [1.82, 2.24) is 0 Å². The number of hydrogen-bond acceptors (Lipinski definition) is 5. The predicted octanol–water partition coefficient (Wildman–Crippen LogP) is 1.58. The van der Waals surface area contributed by atoms with Gasteiger partial charge in [0.15, 0.2) is 0 Å². The van der Waals surface area contributed by atoms with Gasteiger partial charge in [-0.25, -0.2) is 4.57 Å². The standard InChI is InChI=1S/C14H16NO7P/c16-9-3-1-2-8(4-9)5-12(18)14-11(15-23(20,21)22)6-10(17)7-13(14)19/h1-4,6-7,12,16-19H,5H2,(H3,15,20,21,22). The Morgan fingerprint density at radius 1 is 1.04 bits per heavy atom. The van der Waals surface area contributed by atoms with E-state index in [0.717, 1.165) is 12.1 Å². The maximum atomic E-state index is 11.1. The lowest BCUT2D eigenvalue weighted by Gasteiger charge is -2.19. The highest BCUT2D eigenvalue weighted by Crippen LogP contribution is 2.43. The highest BCUT2D eigenvalue weighted by atomic mass is 31.2. The Morgan fingerprint density at radius 2 is 1.74 bits per heavy atom. The fourth-order valence-electron chi connectivity index (χ4n) is 2.23. The second kappa shape index (κ2) is 6.47. The summed E-state index contributed by atoms with van der Waals surface area (Å²) in [5, 5.41) is 40.9. The zero-order chi connectivity index (χ0) is 17.2. The van der Waals surface area contributed by atoms with Crippen molar-refractivity contribution in [2.45, 2.75) is 12.5 Å². The Balaban J connectivity index is 2.38. The summed E-state index contributed by atoms with van der Waals surface area (Å²) in [4.78, 5) is 18.0. The van der Waals surface area contributed by atoms with Crippen LogP contribution in [0.4, 0.5) is 5.69 Å². The summed E-state index contributed by atoms with van der Waals surface area (Å²) in [7, 11) is -4.71. The quantitative estimate of drug-likeness (QED) is 0.405. The fraction of sp³-hybridized carbons (Fsp3) is 0.143. The van der Waals surface area contributed by atoms with Crippen LogP contribution in [0.1, 0.15) is 17.2 Å². The number of phenols is 3. The van der Waals surface area contributed by atoms with E-state index in [2.05, 4.69) is 0 Å². The number of benzene rings is 2. The van der Waals surface area contributed by atoms with Crippen molar-refractivity contribution >= 4 is 13.4 Å². The van der Waals surface area contributed by atoms with Crippen LogP contribution in [0.3, 0.4) is 0 Å². The van der Waals surface area contributed by atoms with Crippen molar-refractivity contribution in [2.24, 2.45) is 0 Å². The van der Waals surface area contributed by atoms with Gasteiger partial charge in [0.25, 0.3) is 0 Å². The topological polar surface area (TPSA) is 150 Å². The molecule has 7 N–H and O–H groups in total. The SMILES string of the molecule is O=P(O)(O)Nc1cc(O)cc(O)c1C(O)Cc1cccc(O)c1. The molecule has 0 aliphatic rings. The lowest BCUT2D eigenvalue weighted by atomic mass is 9.99. The van der Waals surface area contributed by atoms with Gasteiger partial charge in [0.2, 0.25) is 0 Å². The van der Waals surface area contributed by atoms with Gasteiger partial charge in [0.1, 0.15) is 17.2 Å². The zero-order valence-electron chi connectivity index (χ0n) is 11.8. The molecule has 23 heavy (non-hydrogen) atoms. The second-order valence-electron chi connectivity index (χ2n) is 4.97. The Hall–Kier alpha value is -2.25. The molecule has 8 nitrogen and oxygen atoms in total. The molecular weight excluding hydrogens is 325 g/mol. The van der Waals surface area contributed by atoms with Crippen LogP contribution in [-0.2, 0) is 11.0 Å². The first-order valence-electron chi connectivity index (χ1n) is 6.51. The minimum atomic E-state index is -4.71. The molecule has 0 saturated heterocycles. The molecule has 0 bridgehead atoms. The number of rotatable bonds is 5. The molecule has 2 aromatic rings. The van der Waals surface area contributed by atoms with Crippen molar-refractivity contribution in [1.29, 1.82) is 0 Å². The normalized spacial score (nSPS) is 12.8. The van der Waals surface area contributed by atoms with E-state index in [4.69, 9.17) is 9.79 Å². The molecule has 0 saturated carbocycles. The molecule has 124 valence electrons. The van der Waals surface area contributed by atoms with Crippen LogP contribution in [0.2, 0.25) is 0 Å². The van der Waals surface area contributed by atoms with Gasteiger partial charge in [-0.2, -0.15) is 0 Å². The maximum absolute atomic E-state index is 11.1. The van der Waals surface area contributed by atoms with E-state index in [1.165, 1.54) is 12.1 Å². The van der Waals surface area contributed by atoms with E-state index in [-0.39, 0.29) is 23.4 Å². The summed E-state index contributed by atoms with van der Waals surface area (Å²) in [5.41, 5.74) is 0.0880. The van der Waals surface area contributed by atoms with Crippen LogP contribution >= 0.6 is 7.75 Å². The first-order valence-corrected chi connectivity index (χ1v) is 8.12. The number of anilines is 1. The molecule has 0 fully saturated rings. The number of aliphatic hydroxyl groups excluding tert-OH is 1. The van der Waals surface area contributed by atoms with E-state index in [9.17, 15) is 25.0 Å². The van der Waals surface area contributed by atoms with Crippen LogP contribution in [0.5, 0.6) is 17.2 Å². The van der Waals surface area contributed by atoms with Crippen molar-refractivity contribution in [3.8, 4) is 17.2 Å². The lowest BCUT2D eigenvalue weighted by Crippen LogP contribution is -2.07. The summed E-state index contributed by atoms with van der Waals surface area (Å²) in [5.74, 6) is -0.946. The summed E-state index contributed by atoms with van der Waals surface area (Å²) < 4.78 is 11.1. The van der Waals surface area contributed by atoms with Crippen LogP contribution in [0, 0.1) is 0 Å². The summed E-state index contributed by atoms with van der Waals surface area (Å²) >= 11 is 0. The van der Waals surface area contributed by atoms with Crippen molar-refractivity contribution < 1.29 is 34.8 Å². The molecule has 0 amide bonds. The highest BCUT2D eigenvalue weighted by Gasteiger charge is 2.23. The van der Waals surface area contributed by atoms with Crippen LogP contribution in [-0.4, -0.2) is 30.2 Å². The summed E-state index contributed by atoms with van der Waals surface area (Å²) in [6.45, 7) is 0. The summed E-state index contributed by atoms with van der Waals surface area (Å²) in [6, 6.07) is 8.01. The molecule has 0 aliphatic carbocycles. The Labute approximate surface area is 131 Å². The van der Waals surface area contributed by atoms with Gasteiger partial charge in [-0.3, -0.25) is 5.09 Å². The molecule has 1 atom stereocenters. The molecule has 9 heteroatoms. The Morgan fingerprint density at radius 3 is 2.35 bits per heavy atom. The molecule has 1 unspecified atom stereocenters. The first-order chi connectivity index (χ1) is 10.7. The molecule has 0 heterocycles. The van der Waals surface area contributed by atoms with Gasteiger partial charge in [-0.15, -0.1) is 0 Å². The second-order valence-corrected chi connectivity index (χ2v) is 6.28. The lowest BCUT2D eigenvalue weighted by molar-refractivity contribution is 0.175. The summed E-state index contributed by atoms with van der Waals surface area (Å²) in [6.07, 6.45) is -1.35. The molecule has 2 aromatic carbocycles. The van der Waals surface area contributed by atoms with Gasteiger partial charge in [-0.05, 0) is 17.7 Å². The molecule has 0 radical (unpaired) electrons. The Bertz CT molecular complexity index is 759. The number of aliphatic hydroxyl groups is 1. The van der Waals surface area contributed by atoms with E-state index in [1.54, 1.807) is 12.1 Å². The van der Waals surface area contributed by atoms with Crippen LogP contribution in [0.25, 0.3) is 0 Å². The minimum absolute atomic E-state index is 0.00167. The third kappa shape index (κ3) is 4.61. The zero-order valence-corrected chi connectivity index (χ0v) is 12.7. The van der Waals surface area contributed by atoms with Crippen molar-refractivity contribution in [2.75, 3.05) is 5.09 Å². The van der Waals surface area contributed by atoms with Crippen LogP contribution < -0.4 is 5.09 Å². The largest absolute Gasteiger partial charge is 0.508 e. The predicted molar refractivity (Wildman–Crippen MR) is 82.2 cm³/mol. The number of nitrogens with one attached hydrogen (secondary N) is 1. The number of hydrogen-bond donors (Lipinski definition) is 7. The van der Waals surface area contributed by atoms with Gasteiger partial charge in [-0.1, -0.05) is 12.1 Å².